The average molecular weight is 501 g/mol. The molecule has 1 atom stereocenters. The van der Waals surface area contributed by atoms with Crippen molar-refractivity contribution in [1.29, 1.82) is 0 Å². The van der Waals surface area contributed by atoms with Crippen molar-refractivity contribution in [2.24, 2.45) is 0 Å². The Bertz CT molecular complexity index is 1170. The Balaban J connectivity index is 1.61. The summed E-state index contributed by atoms with van der Waals surface area (Å²) in [5.41, 5.74) is 0.613. The molecule has 0 aromatic heterocycles. The zero-order chi connectivity index (χ0) is 26.3. The first-order chi connectivity index (χ1) is 17.1. The third-order valence-corrected chi connectivity index (χ3v) is 4.93. The number of aliphatic hydroxyl groups is 1. The van der Waals surface area contributed by atoms with Gasteiger partial charge in [0.2, 0.25) is 0 Å². The van der Waals surface area contributed by atoms with Gasteiger partial charge in [-0.2, -0.15) is 0 Å². The molecule has 192 valence electrons. The zero-order valence-corrected chi connectivity index (χ0v) is 20.6. The van der Waals surface area contributed by atoms with Crippen molar-refractivity contribution in [2.75, 3.05) is 31.8 Å². The summed E-state index contributed by atoms with van der Waals surface area (Å²) in [4.78, 5) is 25.0. The van der Waals surface area contributed by atoms with Gasteiger partial charge in [-0.15, -0.1) is 0 Å². The number of hydrogen-bond donors (Lipinski definition) is 2. The minimum atomic E-state index is -0.641. The summed E-state index contributed by atoms with van der Waals surface area (Å²) in [6.07, 6.45) is -1.81. The lowest BCUT2D eigenvalue weighted by Gasteiger charge is -2.19. The molecule has 0 saturated carbocycles. The molecule has 1 heterocycles. The van der Waals surface area contributed by atoms with Gasteiger partial charge in [-0.25, -0.2) is 14.0 Å². The number of aliphatic hydroxyl groups excluding tert-OH is 1. The van der Waals surface area contributed by atoms with E-state index in [1.54, 1.807) is 45.0 Å². The van der Waals surface area contributed by atoms with Crippen molar-refractivity contribution in [3.05, 3.63) is 53.3 Å². The summed E-state index contributed by atoms with van der Waals surface area (Å²) < 4.78 is 35.8. The molecule has 0 unspecified atom stereocenters. The second-order valence-electron chi connectivity index (χ2n) is 8.89. The van der Waals surface area contributed by atoms with Gasteiger partial charge in [-0.1, -0.05) is 17.9 Å². The Morgan fingerprint density at radius 3 is 2.67 bits per heavy atom. The van der Waals surface area contributed by atoms with Gasteiger partial charge in [-0.3, -0.25) is 4.90 Å². The maximum atomic E-state index is 14.5. The van der Waals surface area contributed by atoms with Crippen molar-refractivity contribution >= 4 is 17.9 Å². The molecule has 0 bridgehead atoms. The second kappa shape index (κ2) is 11.6. The lowest BCUT2D eigenvalue weighted by molar-refractivity contribution is 0.0523. The molecule has 9 nitrogen and oxygen atoms in total. The third-order valence-electron chi connectivity index (χ3n) is 4.93. The normalized spacial score (nSPS) is 15.0. The van der Waals surface area contributed by atoms with Crippen LogP contribution < -0.4 is 19.7 Å². The molecule has 2 aromatic carbocycles. The van der Waals surface area contributed by atoms with E-state index in [1.807, 2.05) is 0 Å². The van der Waals surface area contributed by atoms with Gasteiger partial charge >= 0.3 is 12.2 Å². The van der Waals surface area contributed by atoms with Gasteiger partial charge in [0.15, 0.2) is 11.5 Å². The molecule has 36 heavy (non-hydrogen) atoms. The Kier molecular flexibility index (Phi) is 8.61. The summed E-state index contributed by atoms with van der Waals surface area (Å²) in [7, 11) is 1.50. The first-order valence-corrected chi connectivity index (χ1v) is 11.2. The molecule has 2 amide bonds. The van der Waals surface area contributed by atoms with E-state index >= 15 is 0 Å². The van der Waals surface area contributed by atoms with E-state index < -0.39 is 29.7 Å². The molecule has 1 saturated heterocycles. The van der Waals surface area contributed by atoms with Crippen molar-refractivity contribution < 1.29 is 38.0 Å². The van der Waals surface area contributed by atoms with Gasteiger partial charge < -0.3 is 29.4 Å². The largest absolute Gasteiger partial charge is 0.493 e. The Morgan fingerprint density at radius 1 is 1.25 bits per heavy atom. The minimum absolute atomic E-state index is 0.0445. The van der Waals surface area contributed by atoms with Crippen LogP contribution in [-0.2, 0) is 16.0 Å². The molecule has 3 rings (SSSR count). The number of nitrogens with one attached hydrogen (secondary N) is 1. The van der Waals surface area contributed by atoms with Gasteiger partial charge in [0.1, 0.15) is 24.1 Å². The molecule has 1 aliphatic rings. The van der Waals surface area contributed by atoms with Crippen LogP contribution in [0.5, 0.6) is 11.5 Å². The first-order valence-electron chi connectivity index (χ1n) is 11.2. The maximum Gasteiger partial charge on any atom is 0.414 e. The van der Waals surface area contributed by atoms with Crippen LogP contribution in [0.1, 0.15) is 31.9 Å². The standard InChI is InChI=1S/C26H29FN2O7/c1-26(2,3)36-24(31)28-14-17-7-10-22(33-4)23(12-17)34-11-5-6-18-8-9-19(13-21(18)27)29-15-20(16-30)35-25(29)32/h7-10,12-13,20,30H,11,14-16H2,1-4H3,(H,28,31)/t20-/m1/s1. The van der Waals surface area contributed by atoms with E-state index in [-0.39, 0.29) is 31.9 Å². The molecule has 0 radical (unpaired) electrons. The molecule has 10 heteroatoms. The molecule has 1 aliphatic heterocycles. The number of ether oxygens (including phenoxy) is 4. The summed E-state index contributed by atoms with van der Waals surface area (Å²) in [5.74, 6) is 5.75. The average Bonchev–Trinajstić information content (AvgIpc) is 3.21. The fourth-order valence-electron chi connectivity index (χ4n) is 3.28. The van der Waals surface area contributed by atoms with Gasteiger partial charge in [0, 0.05) is 6.54 Å². The number of carbonyl (C=O) groups is 2. The fraction of sp³-hybridized carbons (Fsp3) is 0.385. The smallest absolute Gasteiger partial charge is 0.414 e. The van der Waals surface area contributed by atoms with Crippen LogP contribution in [0.4, 0.5) is 19.7 Å². The van der Waals surface area contributed by atoms with Crippen LogP contribution in [0.25, 0.3) is 0 Å². The lowest BCUT2D eigenvalue weighted by atomic mass is 10.2. The second-order valence-corrected chi connectivity index (χ2v) is 8.89. The van der Waals surface area contributed by atoms with E-state index in [1.165, 1.54) is 24.1 Å². The number of hydrogen-bond acceptors (Lipinski definition) is 7. The molecular formula is C26H29FN2O7. The molecular weight excluding hydrogens is 471 g/mol. The predicted octanol–water partition coefficient (Wildman–Crippen LogP) is 3.61. The highest BCUT2D eigenvalue weighted by atomic mass is 19.1. The van der Waals surface area contributed by atoms with Crippen molar-refractivity contribution in [2.45, 2.75) is 39.0 Å². The van der Waals surface area contributed by atoms with E-state index in [4.69, 9.17) is 24.1 Å². The van der Waals surface area contributed by atoms with Gasteiger partial charge in [0.05, 0.1) is 31.5 Å². The third kappa shape index (κ3) is 7.26. The van der Waals surface area contributed by atoms with Crippen molar-refractivity contribution in [1.82, 2.24) is 5.32 Å². The van der Waals surface area contributed by atoms with Gasteiger partial charge in [0.25, 0.3) is 0 Å². The summed E-state index contributed by atoms with van der Waals surface area (Å²) >= 11 is 0. The number of halogens is 1. The van der Waals surface area contributed by atoms with Crippen LogP contribution in [0.3, 0.4) is 0 Å². The molecule has 2 aromatic rings. The number of rotatable bonds is 7. The number of amides is 2. The van der Waals surface area contributed by atoms with Crippen LogP contribution in [0.2, 0.25) is 0 Å². The zero-order valence-electron chi connectivity index (χ0n) is 20.6. The first kappa shape index (κ1) is 26.6. The number of anilines is 1. The van der Waals surface area contributed by atoms with E-state index in [9.17, 15) is 14.0 Å². The molecule has 0 spiro atoms. The van der Waals surface area contributed by atoms with Crippen LogP contribution in [0, 0.1) is 17.7 Å². The number of methoxy groups -OCH3 is 1. The highest BCUT2D eigenvalue weighted by Crippen LogP contribution is 2.28. The Labute approximate surface area is 209 Å². The van der Waals surface area contributed by atoms with Crippen LogP contribution >= 0.6 is 0 Å². The van der Waals surface area contributed by atoms with E-state index in [0.29, 0.717) is 17.2 Å². The number of carbonyl (C=O) groups excluding carboxylic acids is 2. The van der Waals surface area contributed by atoms with E-state index in [2.05, 4.69) is 17.2 Å². The van der Waals surface area contributed by atoms with E-state index in [0.717, 1.165) is 5.56 Å². The fourth-order valence-corrected chi connectivity index (χ4v) is 3.28. The van der Waals surface area contributed by atoms with Crippen molar-refractivity contribution in [3.63, 3.8) is 0 Å². The Hall–Kier alpha value is -3.97. The van der Waals surface area contributed by atoms with Gasteiger partial charge in [-0.05, 0) is 56.7 Å². The molecule has 1 fully saturated rings. The monoisotopic (exact) mass is 500 g/mol. The molecule has 0 aliphatic carbocycles. The SMILES string of the molecule is COc1ccc(CNC(=O)OC(C)(C)C)cc1OCC#Cc1ccc(N2C[C@H](CO)OC2=O)cc1F. The number of alkyl carbamates (subject to hydrolysis) is 1. The lowest BCUT2D eigenvalue weighted by Crippen LogP contribution is -2.32. The maximum absolute atomic E-state index is 14.5. The highest BCUT2D eigenvalue weighted by Gasteiger charge is 2.32. The molecule has 2 N–H and O–H groups in total. The summed E-state index contributed by atoms with van der Waals surface area (Å²) in [5, 5.41) is 11.8. The van der Waals surface area contributed by atoms with Crippen LogP contribution in [0.15, 0.2) is 36.4 Å². The minimum Gasteiger partial charge on any atom is -0.493 e. The highest BCUT2D eigenvalue weighted by molar-refractivity contribution is 5.89. The number of benzene rings is 2. The number of nitrogens with zero attached hydrogens (tertiary/aromatic N) is 1. The van der Waals surface area contributed by atoms with Crippen LogP contribution in [-0.4, -0.2) is 55.9 Å². The number of cyclic esters (lactones) is 1. The van der Waals surface area contributed by atoms with Crippen molar-refractivity contribution in [3.8, 4) is 23.3 Å². The predicted molar refractivity (Wildman–Crippen MR) is 130 cm³/mol. The quantitative estimate of drug-likeness (QED) is 0.560. The summed E-state index contributed by atoms with van der Waals surface area (Å²) in [6.45, 7) is 5.36. The Morgan fingerprint density at radius 2 is 2.03 bits per heavy atom. The summed E-state index contributed by atoms with van der Waals surface area (Å²) in [6, 6.07) is 9.40. The topological polar surface area (TPSA) is 107 Å².